The van der Waals surface area contributed by atoms with Gasteiger partial charge in [-0.25, -0.2) is 4.79 Å². The molecule has 18 heavy (non-hydrogen) atoms. The zero-order valence-corrected chi connectivity index (χ0v) is 10.7. The van der Waals surface area contributed by atoms with Crippen LogP contribution in [0.5, 0.6) is 0 Å². The Morgan fingerprint density at radius 1 is 1.50 bits per heavy atom. The number of nitrogens with zero attached hydrogens (tertiary/aromatic N) is 1. The molecule has 2 rings (SSSR count). The Bertz CT molecular complexity index is 484. The normalized spacial score (nSPS) is 15.6. The highest BCUT2D eigenvalue weighted by Crippen LogP contribution is 2.34. The molecule has 0 amide bonds. The Hall–Kier alpha value is -1.95. The third-order valence-electron chi connectivity index (χ3n) is 3.05. The lowest BCUT2D eigenvalue weighted by molar-refractivity contribution is 0.0374. The molecule has 3 nitrogen and oxygen atoms in total. The first-order valence-electron chi connectivity index (χ1n) is 6.06. The fraction of sp³-hybridized carbons (Fsp3) is 0.400. The smallest absolute Gasteiger partial charge is 0.339 e. The lowest BCUT2D eigenvalue weighted by Gasteiger charge is -2.15. The van der Waals surface area contributed by atoms with E-state index < -0.39 is 0 Å². The van der Waals surface area contributed by atoms with Crippen molar-refractivity contribution < 1.29 is 9.53 Å². The van der Waals surface area contributed by atoms with Gasteiger partial charge >= 0.3 is 5.97 Å². The van der Waals surface area contributed by atoms with E-state index in [0.29, 0.717) is 11.5 Å². The summed E-state index contributed by atoms with van der Waals surface area (Å²) >= 11 is 0. The van der Waals surface area contributed by atoms with Crippen molar-refractivity contribution in [2.75, 3.05) is 19.0 Å². The van der Waals surface area contributed by atoms with E-state index in [2.05, 4.69) is 5.92 Å². The van der Waals surface area contributed by atoms with E-state index >= 15 is 0 Å². The summed E-state index contributed by atoms with van der Waals surface area (Å²) in [6, 6.07) is 7.34. The van der Waals surface area contributed by atoms with E-state index in [1.165, 1.54) is 0 Å². The highest BCUT2D eigenvalue weighted by molar-refractivity contribution is 5.90. The van der Waals surface area contributed by atoms with Gasteiger partial charge in [0.2, 0.25) is 0 Å². The Kier molecular flexibility index (Phi) is 3.57. The Morgan fingerprint density at radius 2 is 2.22 bits per heavy atom. The highest BCUT2D eigenvalue weighted by Gasteiger charge is 2.33. The van der Waals surface area contributed by atoms with Gasteiger partial charge in [0.1, 0.15) is 0 Å². The minimum Gasteiger partial charge on any atom is -0.445 e. The maximum absolute atomic E-state index is 12.0. The molecule has 0 saturated heterocycles. The zero-order valence-electron chi connectivity index (χ0n) is 10.7. The molecule has 0 spiro atoms. The molecule has 0 bridgehead atoms. The lowest BCUT2D eigenvalue weighted by Crippen LogP contribution is -2.19. The summed E-state index contributed by atoms with van der Waals surface area (Å²) in [7, 11) is 3.86. The minimum atomic E-state index is -0.375. The largest absolute Gasteiger partial charge is 0.445 e. The number of anilines is 1. The molecule has 1 fully saturated rings. The van der Waals surface area contributed by atoms with Crippen LogP contribution in [-0.4, -0.2) is 26.2 Å². The second kappa shape index (κ2) is 5.14. The molecule has 1 atom stereocenters. The topological polar surface area (TPSA) is 29.5 Å². The number of rotatable bonds is 4. The third kappa shape index (κ3) is 2.84. The van der Waals surface area contributed by atoms with E-state index in [0.717, 1.165) is 18.5 Å². The van der Waals surface area contributed by atoms with Crippen LogP contribution in [0, 0.1) is 18.3 Å². The Balaban J connectivity index is 2.08. The average Bonchev–Trinajstić information content (AvgIpc) is 3.20. The molecule has 1 saturated carbocycles. The molecule has 1 aliphatic rings. The summed E-state index contributed by atoms with van der Waals surface area (Å²) in [6.07, 6.45) is 7.12. The second-order valence-corrected chi connectivity index (χ2v) is 4.77. The molecule has 0 heterocycles. The maximum atomic E-state index is 12.0. The zero-order chi connectivity index (χ0) is 13.1. The first-order valence-corrected chi connectivity index (χ1v) is 6.06. The van der Waals surface area contributed by atoms with Crippen molar-refractivity contribution in [2.24, 2.45) is 5.92 Å². The summed E-state index contributed by atoms with van der Waals surface area (Å²) in [5.41, 5.74) is 1.51. The van der Waals surface area contributed by atoms with Crippen LogP contribution in [0.15, 0.2) is 24.3 Å². The first kappa shape index (κ1) is 12.5. The van der Waals surface area contributed by atoms with Crippen LogP contribution in [0.1, 0.15) is 23.2 Å². The number of hydrogen-bond donors (Lipinski definition) is 0. The van der Waals surface area contributed by atoms with Gasteiger partial charge in [-0.2, -0.15) is 0 Å². The van der Waals surface area contributed by atoms with E-state index in [-0.39, 0.29) is 12.1 Å². The van der Waals surface area contributed by atoms with Gasteiger partial charge in [0.25, 0.3) is 0 Å². The van der Waals surface area contributed by atoms with E-state index in [4.69, 9.17) is 11.2 Å². The van der Waals surface area contributed by atoms with Crippen LogP contribution in [0.2, 0.25) is 0 Å². The number of ether oxygens (including phenoxy) is 1. The van der Waals surface area contributed by atoms with Crippen LogP contribution in [0.4, 0.5) is 5.69 Å². The summed E-state index contributed by atoms with van der Waals surface area (Å²) in [4.78, 5) is 13.9. The van der Waals surface area contributed by atoms with Crippen molar-refractivity contribution in [3.8, 4) is 12.3 Å². The molecular formula is C15H17NO2. The molecule has 1 aliphatic carbocycles. The predicted molar refractivity (Wildman–Crippen MR) is 71.5 cm³/mol. The average molecular weight is 243 g/mol. The molecule has 0 N–H and O–H groups in total. The molecule has 0 radical (unpaired) electrons. The molecular weight excluding hydrogens is 226 g/mol. The predicted octanol–water partition coefficient (Wildman–Crippen LogP) is 2.32. The SMILES string of the molecule is C#C[C@@H](OC(=O)c1cccc(N(C)C)c1)C1CC1. The number of benzene rings is 1. The number of terminal acetylenes is 1. The van der Waals surface area contributed by atoms with E-state index in [1.54, 1.807) is 6.07 Å². The van der Waals surface area contributed by atoms with Crippen molar-refractivity contribution in [3.63, 3.8) is 0 Å². The molecule has 0 aliphatic heterocycles. The van der Waals surface area contributed by atoms with Gasteiger partial charge in [-0.1, -0.05) is 12.0 Å². The van der Waals surface area contributed by atoms with Gasteiger partial charge in [-0.05, 0) is 31.0 Å². The monoisotopic (exact) mass is 243 g/mol. The van der Waals surface area contributed by atoms with Crippen molar-refractivity contribution >= 4 is 11.7 Å². The minimum absolute atomic E-state index is 0.339. The Morgan fingerprint density at radius 3 is 2.78 bits per heavy atom. The van der Waals surface area contributed by atoms with E-state index in [9.17, 15) is 4.79 Å². The van der Waals surface area contributed by atoms with Gasteiger partial charge < -0.3 is 9.64 Å². The van der Waals surface area contributed by atoms with Crippen LogP contribution < -0.4 is 4.90 Å². The molecule has 94 valence electrons. The molecule has 1 aromatic carbocycles. The highest BCUT2D eigenvalue weighted by atomic mass is 16.5. The number of esters is 1. The van der Waals surface area contributed by atoms with Crippen molar-refractivity contribution in [1.82, 2.24) is 0 Å². The molecule has 3 heteroatoms. The fourth-order valence-corrected chi connectivity index (χ4v) is 1.76. The van der Waals surface area contributed by atoms with Crippen LogP contribution in [0.3, 0.4) is 0 Å². The number of carbonyl (C=O) groups excluding carboxylic acids is 1. The number of carbonyl (C=O) groups is 1. The standard InChI is InChI=1S/C15H17NO2/c1-4-14(11-8-9-11)18-15(17)12-6-5-7-13(10-12)16(2)3/h1,5-7,10-11,14H,8-9H2,2-3H3/t14-/m1/s1. The van der Waals surface area contributed by atoms with Crippen molar-refractivity contribution in [2.45, 2.75) is 18.9 Å². The van der Waals surface area contributed by atoms with Gasteiger partial charge in [0.05, 0.1) is 5.56 Å². The van der Waals surface area contributed by atoms with Crippen LogP contribution in [0.25, 0.3) is 0 Å². The maximum Gasteiger partial charge on any atom is 0.339 e. The lowest BCUT2D eigenvalue weighted by atomic mass is 10.2. The number of hydrogen-bond acceptors (Lipinski definition) is 3. The third-order valence-corrected chi connectivity index (χ3v) is 3.05. The summed E-state index contributed by atoms with van der Waals surface area (Å²) in [5, 5.41) is 0. The van der Waals surface area contributed by atoms with Crippen LogP contribution >= 0.6 is 0 Å². The van der Waals surface area contributed by atoms with Gasteiger partial charge in [0, 0.05) is 25.7 Å². The second-order valence-electron chi connectivity index (χ2n) is 4.77. The van der Waals surface area contributed by atoms with Crippen LogP contribution in [-0.2, 0) is 4.74 Å². The quantitative estimate of drug-likeness (QED) is 0.600. The first-order chi connectivity index (χ1) is 8.61. The van der Waals surface area contributed by atoms with Gasteiger partial charge in [-0.3, -0.25) is 0 Å². The summed E-state index contributed by atoms with van der Waals surface area (Å²) in [5.74, 6) is 2.57. The Labute approximate surface area is 108 Å². The van der Waals surface area contributed by atoms with E-state index in [1.807, 2.05) is 37.2 Å². The van der Waals surface area contributed by atoms with Gasteiger partial charge in [-0.15, -0.1) is 6.42 Å². The van der Waals surface area contributed by atoms with Crippen molar-refractivity contribution in [3.05, 3.63) is 29.8 Å². The molecule has 1 aromatic rings. The summed E-state index contributed by atoms with van der Waals surface area (Å²) in [6.45, 7) is 0. The fourth-order valence-electron chi connectivity index (χ4n) is 1.76. The molecule has 0 aromatic heterocycles. The van der Waals surface area contributed by atoms with Crippen molar-refractivity contribution in [1.29, 1.82) is 0 Å². The summed E-state index contributed by atoms with van der Waals surface area (Å²) < 4.78 is 5.35. The van der Waals surface area contributed by atoms with Gasteiger partial charge in [0.15, 0.2) is 6.10 Å². The molecule has 0 unspecified atom stereocenters.